The maximum Gasteiger partial charge on any atom is 0.335 e. The number of anilines is 2. The summed E-state index contributed by atoms with van der Waals surface area (Å²) in [5.41, 5.74) is 3.32. The van der Waals surface area contributed by atoms with E-state index in [0.29, 0.717) is 5.56 Å². The molecule has 21 heavy (non-hydrogen) atoms. The largest absolute Gasteiger partial charge is 0.478 e. The molecule has 0 fully saturated rings. The fourth-order valence-corrected chi connectivity index (χ4v) is 2.39. The number of carboxylic acid groups (broad SMARTS) is 1. The van der Waals surface area contributed by atoms with Gasteiger partial charge in [0.05, 0.1) is 5.56 Å². The van der Waals surface area contributed by atoms with E-state index in [0.717, 1.165) is 36.3 Å². The molecular formula is C18H21NO2. The number of hydrogen-bond acceptors (Lipinski definition) is 2. The Morgan fingerprint density at radius 3 is 2.38 bits per heavy atom. The maximum absolute atomic E-state index is 11.1. The molecule has 0 unspecified atom stereocenters. The van der Waals surface area contributed by atoms with E-state index in [-0.39, 0.29) is 0 Å². The number of carboxylic acids is 1. The minimum absolute atomic E-state index is 0.363. The van der Waals surface area contributed by atoms with Crippen LogP contribution in [0, 0.1) is 6.92 Å². The molecule has 2 aromatic rings. The third kappa shape index (κ3) is 3.63. The normalized spacial score (nSPS) is 10.4. The van der Waals surface area contributed by atoms with Gasteiger partial charge in [-0.2, -0.15) is 0 Å². The average Bonchev–Trinajstić information content (AvgIpc) is 2.48. The molecule has 0 aliphatic carbocycles. The summed E-state index contributed by atoms with van der Waals surface area (Å²) in [5, 5.41) is 9.14. The van der Waals surface area contributed by atoms with Gasteiger partial charge in [0.2, 0.25) is 0 Å². The first-order valence-corrected chi connectivity index (χ1v) is 7.30. The van der Waals surface area contributed by atoms with E-state index >= 15 is 0 Å². The average molecular weight is 283 g/mol. The first kappa shape index (κ1) is 15.1. The first-order chi connectivity index (χ1) is 10.1. The van der Waals surface area contributed by atoms with Gasteiger partial charge in [-0.3, -0.25) is 0 Å². The highest BCUT2D eigenvalue weighted by molar-refractivity contribution is 5.90. The number of hydrogen-bond donors (Lipinski definition) is 1. The Morgan fingerprint density at radius 1 is 1.10 bits per heavy atom. The molecular weight excluding hydrogens is 262 g/mol. The van der Waals surface area contributed by atoms with E-state index in [1.54, 1.807) is 6.07 Å². The van der Waals surface area contributed by atoms with Crippen LogP contribution in [0.2, 0.25) is 0 Å². The van der Waals surface area contributed by atoms with Crippen LogP contribution in [0.5, 0.6) is 0 Å². The maximum atomic E-state index is 11.1. The summed E-state index contributed by atoms with van der Waals surface area (Å²) >= 11 is 0. The Morgan fingerprint density at radius 2 is 1.81 bits per heavy atom. The second-order valence-corrected chi connectivity index (χ2v) is 5.15. The summed E-state index contributed by atoms with van der Waals surface area (Å²) in [4.78, 5) is 13.4. The standard InChI is InChI=1S/C18H21NO2/c1-3-4-12-19(15-8-6-5-7-9-15)16-10-11-17(18(20)21)14(2)13-16/h5-11,13H,3-4,12H2,1-2H3,(H,20,21). The molecule has 0 amide bonds. The Bertz CT molecular complexity index is 608. The van der Waals surface area contributed by atoms with Crippen LogP contribution in [0.4, 0.5) is 11.4 Å². The number of aryl methyl sites for hydroxylation is 1. The molecule has 0 aromatic heterocycles. The van der Waals surface area contributed by atoms with E-state index in [2.05, 4.69) is 24.0 Å². The van der Waals surface area contributed by atoms with Gasteiger partial charge in [0.25, 0.3) is 0 Å². The molecule has 0 saturated carbocycles. The van der Waals surface area contributed by atoms with Crippen molar-refractivity contribution in [3.8, 4) is 0 Å². The van der Waals surface area contributed by atoms with Gasteiger partial charge < -0.3 is 10.0 Å². The van der Waals surface area contributed by atoms with Crippen molar-refractivity contribution in [1.82, 2.24) is 0 Å². The van der Waals surface area contributed by atoms with Crippen molar-refractivity contribution in [1.29, 1.82) is 0 Å². The number of benzene rings is 2. The van der Waals surface area contributed by atoms with Crippen LogP contribution in [0.25, 0.3) is 0 Å². The van der Waals surface area contributed by atoms with Gasteiger partial charge in [-0.25, -0.2) is 4.79 Å². The van der Waals surface area contributed by atoms with E-state index in [1.807, 2.05) is 37.3 Å². The zero-order valence-corrected chi connectivity index (χ0v) is 12.5. The lowest BCUT2D eigenvalue weighted by atomic mass is 10.1. The number of rotatable bonds is 6. The predicted octanol–water partition coefficient (Wildman–Crippen LogP) is 4.63. The van der Waals surface area contributed by atoms with Crippen molar-refractivity contribution in [3.63, 3.8) is 0 Å². The fourth-order valence-electron chi connectivity index (χ4n) is 2.39. The lowest BCUT2D eigenvalue weighted by Gasteiger charge is -2.25. The van der Waals surface area contributed by atoms with Crippen molar-refractivity contribution in [2.75, 3.05) is 11.4 Å². The Balaban J connectivity index is 2.37. The molecule has 2 aromatic carbocycles. The van der Waals surface area contributed by atoms with Crippen LogP contribution >= 0.6 is 0 Å². The summed E-state index contributed by atoms with van der Waals surface area (Å²) in [6.45, 7) is 4.93. The Hall–Kier alpha value is -2.29. The quantitative estimate of drug-likeness (QED) is 0.840. The highest BCUT2D eigenvalue weighted by Gasteiger charge is 2.12. The van der Waals surface area contributed by atoms with E-state index in [1.165, 1.54) is 0 Å². The Labute approximate surface area is 125 Å². The molecule has 0 bridgehead atoms. The fraction of sp³-hybridized carbons (Fsp3) is 0.278. The summed E-state index contributed by atoms with van der Waals surface area (Å²) in [5.74, 6) is -0.876. The molecule has 3 nitrogen and oxygen atoms in total. The number of nitrogens with zero attached hydrogens (tertiary/aromatic N) is 1. The molecule has 0 spiro atoms. The van der Waals surface area contributed by atoms with E-state index < -0.39 is 5.97 Å². The molecule has 0 saturated heterocycles. The number of carbonyl (C=O) groups is 1. The number of para-hydroxylation sites is 1. The molecule has 2 rings (SSSR count). The van der Waals surface area contributed by atoms with Gasteiger partial charge in [-0.1, -0.05) is 31.5 Å². The lowest BCUT2D eigenvalue weighted by molar-refractivity contribution is 0.0696. The van der Waals surface area contributed by atoms with Crippen LogP contribution in [0.15, 0.2) is 48.5 Å². The lowest BCUT2D eigenvalue weighted by Crippen LogP contribution is -2.18. The monoisotopic (exact) mass is 283 g/mol. The molecule has 3 heteroatoms. The summed E-state index contributed by atoms with van der Waals surface area (Å²) in [6.07, 6.45) is 2.21. The van der Waals surface area contributed by atoms with Gasteiger partial charge in [0.1, 0.15) is 0 Å². The second kappa shape index (κ2) is 6.93. The molecule has 0 radical (unpaired) electrons. The van der Waals surface area contributed by atoms with Crippen LogP contribution in [0.3, 0.4) is 0 Å². The van der Waals surface area contributed by atoms with Crippen LogP contribution in [0.1, 0.15) is 35.7 Å². The van der Waals surface area contributed by atoms with Crippen molar-refractivity contribution in [3.05, 3.63) is 59.7 Å². The molecule has 0 heterocycles. The number of aromatic carboxylic acids is 1. The predicted molar refractivity (Wildman–Crippen MR) is 86.5 cm³/mol. The molecule has 0 aliphatic heterocycles. The van der Waals surface area contributed by atoms with Crippen molar-refractivity contribution in [2.24, 2.45) is 0 Å². The van der Waals surface area contributed by atoms with Gasteiger partial charge in [0, 0.05) is 17.9 Å². The minimum atomic E-state index is -0.876. The minimum Gasteiger partial charge on any atom is -0.478 e. The van der Waals surface area contributed by atoms with Crippen molar-refractivity contribution < 1.29 is 9.90 Å². The molecule has 1 N–H and O–H groups in total. The van der Waals surface area contributed by atoms with Crippen LogP contribution in [-0.2, 0) is 0 Å². The van der Waals surface area contributed by atoms with Gasteiger partial charge in [0.15, 0.2) is 0 Å². The highest BCUT2D eigenvalue weighted by atomic mass is 16.4. The topological polar surface area (TPSA) is 40.5 Å². The van der Waals surface area contributed by atoms with Gasteiger partial charge >= 0.3 is 5.97 Å². The van der Waals surface area contributed by atoms with Crippen molar-refractivity contribution >= 4 is 17.3 Å². The van der Waals surface area contributed by atoms with Gasteiger partial charge in [-0.05, 0) is 49.2 Å². The molecule has 0 aliphatic rings. The van der Waals surface area contributed by atoms with Crippen molar-refractivity contribution in [2.45, 2.75) is 26.7 Å². The zero-order valence-electron chi connectivity index (χ0n) is 12.5. The SMILES string of the molecule is CCCCN(c1ccccc1)c1ccc(C(=O)O)c(C)c1. The first-order valence-electron chi connectivity index (χ1n) is 7.30. The van der Waals surface area contributed by atoms with Crippen LogP contribution in [-0.4, -0.2) is 17.6 Å². The molecule has 0 atom stereocenters. The number of unbranched alkanes of at least 4 members (excludes halogenated alkanes) is 1. The second-order valence-electron chi connectivity index (χ2n) is 5.15. The molecule has 110 valence electrons. The Kier molecular flexibility index (Phi) is 4.99. The van der Waals surface area contributed by atoms with E-state index in [9.17, 15) is 4.79 Å². The summed E-state index contributed by atoms with van der Waals surface area (Å²) in [6, 6.07) is 15.7. The van der Waals surface area contributed by atoms with Crippen LogP contribution < -0.4 is 4.90 Å². The summed E-state index contributed by atoms with van der Waals surface area (Å²) < 4.78 is 0. The zero-order chi connectivity index (χ0) is 15.2. The highest BCUT2D eigenvalue weighted by Crippen LogP contribution is 2.27. The third-order valence-electron chi connectivity index (χ3n) is 3.56. The summed E-state index contributed by atoms with van der Waals surface area (Å²) in [7, 11) is 0. The van der Waals surface area contributed by atoms with E-state index in [4.69, 9.17) is 5.11 Å². The third-order valence-corrected chi connectivity index (χ3v) is 3.56. The smallest absolute Gasteiger partial charge is 0.335 e. The van der Waals surface area contributed by atoms with Gasteiger partial charge in [-0.15, -0.1) is 0 Å².